The standard InChI is InChI=1S/C15H22N2O3/c1-16(2)10-11-17(14(18)8-9-15(19)20)12-13-6-4-3-5-7-13/h3-7H,8-12H2,1-2H3,(H,19,20). The van der Waals surface area contributed by atoms with Crippen LogP contribution in [0.3, 0.4) is 0 Å². The van der Waals surface area contributed by atoms with Crippen LogP contribution in [0.2, 0.25) is 0 Å². The van der Waals surface area contributed by atoms with Crippen LogP contribution in [0.5, 0.6) is 0 Å². The van der Waals surface area contributed by atoms with Crippen LogP contribution in [-0.2, 0) is 16.1 Å². The van der Waals surface area contributed by atoms with Gasteiger partial charge in [-0.05, 0) is 19.7 Å². The summed E-state index contributed by atoms with van der Waals surface area (Å²) in [6.45, 7) is 1.87. The third-order valence-electron chi connectivity index (χ3n) is 2.94. The summed E-state index contributed by atoms with van der Waals surface area (Å²) < 4.78 is 0. The molecule has 0 aliphatic rings. The van der Waals surface area contributed by atoms with Gasteiger partial charge >= 0.3 is 5.97 Å². The summed E-state index contributed by atoms with van der Waals surface area (Å²) >= 11 is 0. The van der Waals surface area contributed by atoms with E-state index in [9.17, 15) is 9.59 Å². The van der Waals surface area contributed by atoms with Crippen molar-refractivity contribution in [1.82, 2.24) is 9.80 Å². The Morgan fingerprint density at radius 1 is 1.05 bits per heavy atom. The van der Waals surface area contributed by atoms with Gasteiger partial charge in [0.25, 0.3) is 0 Å². The van der Waals surface area contributed by atoms with Crippen LogP contribution in [-0.4, -0.2) is 54.0 Å². The fraction of sp³-hybridized carbons (Fsp3) is 0.467. The Bertz CT molecular complexity index is 432. The first-order valence-electron chi connectivity index (χ1n) is 6.67. The largest absolute Gasteiger partial charge is 0.481 e. The van der Waals surface area contributed by atoms with Gasteiger partial charge < -0.3 is 14.9 Å². The number of carboxylic acid groups (broad SMARTS) is 1. The number of carbonyl (C=O) groups is 2. The van der Waals surface area contributed by atoms with E-state index in [-0.39, 0.29) is 18.7 Å². The third-order valence-corrected chi connectivity index (χ3v) is 2.94. The monoisotopic (exact) mass is 278 g/mol. The number of rotatable bonds is 8. The molecule has 1 aromatic carbocycles. The lowest BCUT2D eigenvalue weighted by atomic mass is 10.2. The van der Waals surface area contributed by atoms with Crippen molar-refractivity contribution >= 4 is 11.9 Å². The summed E-state index contributed by atoms with van der Waals surface area (Å²) in [5.74, 6) is -1.05. The highest BCUT2D eigenvalue weighted by Gasteiger charge is 2.15. The summed E-state index contributed by atoms with van der Waals surface area (Å²) in [4.78, 5) is 26.4. The van der Waals surface area contributed by atoms with Crippen molar-refractivity contribution in [3.8, 4) is 0 Å². The van der Waals surface area contributed by atoms with Crippen LogP contribution in [0.1, 0.15) is 18.4 Å². The highest BCUT2D eigenvalue weighted by Crippen LogP contribution is 2.07. The lowest BCUT2D eigenvalue weighted by molar-refractivity contribution is -0.141. The molecule has 0 atom stereocenters. The van der Waals surface area contributed by atoms with Gasteiger partial charge in [-0.25, -0.2) is 0 Å². The molecule has 1 aromatic rings. The van der Waals surface area contributed by atoms with Crippen LogP contribution < -0.4 is 0 Å². The van der Waals surface area contributed by atoms with Crippen molar-refractivity contribution in [2.45, 2.75) is 19.4 Å². The normalized spacial score (nSPS) is 10.6. The highest BCUT2D eigenvalue weighted by atomic mass is 16.4. The quantitative estimate of drug-likeness (QED) is 0.781. The molecule has 0 radical (unpaired) electrons. The van der Waals surface area contributed by atoms with E-state index in [1.165, 1.54) is 0 Å². The smallest absolute Gasteiger partial charge is 0.303 e. The number of carboxylic acids is 1. The number of aliphatic carboxylic acids is 1. The maximum absolute atomic E-state index is 12.1. The maximum Gasteiger partial charge on any atom is 0.303 e. The molecular formula is C15H22N2O3. The Morgan fingerprint density at radius 3 is 2.25 bits per heavy atom. The second-order valence-corrected chi connectivity index (χ2v) is 5.00. The molecule has 1 rings (SSSR count). The number of carbonyl (C=O) groups excluding carboxylic acids is 1. The fourth-order valence-corrected chi connectivity index (χ4v) is 1.79. The van der Waals surface area contributed by atoms with E-state index in [0.717, 1.165) is 12.1 Å². The van der Waals surface area contributed by atoms with Gasteiger partial charge in [-0.3, -0.25) is 9.59 Å². The number of amides is 1. The molecule has 0 bridgehead atoms. The van der Waals surface area contributed by atoms with E-state index < -0.39 is 5.97 Å². The van der Waals surface area contributed by atoms with Crippen LogP contribution in [0, 0.1) is 0 Å². The molecule has 0 spiro atoms. The molecule has 0 aliphatic heterocycles. The average Bonchev–Trinajstić information content (AvgIpc) is 2.41. The molecule has 0 unspecified atom stereocenters. The second kappa shape index (κ2) is 8.32. The van der Waals surface area contributed by atoms with Crippen molar-refractivity contribution in [3.63, 3.8) is 0 Å². The van der Waals surface area contributed by atoms with Crippen LogP contribution in [0.25, 0.3) is 0 Å². The van der Waals surface area contributed by atoms with Crippen LogP contribution >= 0.6 is 0 Å². The van der Waals surface area contributed by atoms with Gasteiger partial charge in [0.05, 0.1) is 6.42 Å². The number of benzene rings is 1. The zero-order chi connectivity index (χ0) is 15.0. The van der Waals surface area contributed by atoms with Gasteiger partial charge in [0, 0.05) is 26.1 Å². The van der Waals surface area contributed by atoms with E-state index in [0.29, 0.717) is 13.1 Å². The Labute approximate surface area is 119 Å². The number of nitrogens with zero attached hydrogens (tertiary/aromatic N) is 2. The first kappa shape index (κ1) is 16.2. The summed E-state index contributed by atoms with van der Waals surface area (Å²) in [6, 6.07) is 9.72. The molecule has 1 amide bonds. The van der Waals surface area contributed by atoms with Crippen molar-refractivity contribution in [1.29, 1.82) is 0 Å². The molecule has 0 saturated heterocycles. The minimum atomic E-state index is -0.939. The Hall–Kier alpha value is -1.88. The summed E-state index contributed by atoms with van der Waals surface area (Å²) in [5, 5.41) is 8.67. The molecule has 20 heavy (non-hydrogen) atoms. The molecule has 110 valence electrons. The van der Waals surface area contributed by atoms with Gasteiger partial charge in [-0.1, -0.05) is 30.3 Å². The van der Waals surface area contributed by atoms with Gasteiger partial charge in [-0.2, -0.15) is 0 Å². The predicted octanol–water partition coefficient (Wildman–Crippen LogP) is 1.44. The van der Waals surface area contributed by atoms with E-state index in [4.69, 9.17) is 5.11 Å². The Kier molecular flexibility index (Phi) is 6.73. The van der Waals surface area contributed by atoms with Gasteiger partial charge in [0.1, 0.15) is 0 Å². The lowest BCUT2D eigenvalue weighted by Crippen LogP contribution is -2.36. The molecule has 0 aliphatic carbocycles. The zero-order valence-electron chi connectivity index (χ0n) is 12.1. The zero-order valence-corrected chi connectivity index (χ0v) is 12.1. The van der Waals surface area contributed by atoms with Crippen molar-refractivity contribution in [3.05, 3.63) is 35.9 Å². The third kappa shape index (κ3) is 6.33. The minimum Gasteiger partial charge on any atom is -0.481 e. The second-order valence-electron chi connectivity index (χ2n) is 5.00. The van der Waals surface area contributed by atoms with Crippen LogP contribution in [0.4, 0.5) is 0 Å². The molecule has 0 heterocycles. The van der Waals surface area contributed by atoms with Crippen molar-refractivity contribution in [2.75, 3.05) is 27.2 Å². The SMILES string of the molecule is CN(C)CCN(Cc1ccccc1)C(=O)CCC(=O)O. The average molecular weight is 278 g/mol. The number of likely N-dealkylation sites (N-methyl/N-ethyl adjacent to an activating group) is 1. The number of hydrogen-bond acceptors (Lipinski definition) is 3. The molecular weight excluding hydrogens is 256 g/mol. The maximum atomic E-state index is 12.1. The first-order valence-corrected chi connectivity index (χ1v) is 6.67. The summed E-state index contributed by atoms with van der Waals surface area (Å²) in [7, 11) is 3.89. The number of hydrogen-bond donors (Lipinski definition) is 1. The molecule has 0 aromatic heterocycles. The van der Waals surface area contributed by atoms with E-state index in [1.54, 1.807) is 4.90 Å². The topological polar surface area (TPSA) is 60.9 Å². The van der Waals surface area contributed by atoms with E-state index >= 15 is 0 Å². The van der Waals surface area contributed by atoms with Crippen molar-refractivity contribution in [2.24, 2.45) is 0 Å². The van der Waals surface area contributed by atoms with E-state index in [2.05, 4.69) is 0 Å². The van der Waals surface area contributed by atoms with Gasteiger partial charge in [0.2, 0.25) is 5.91 Å². The molecule has 5 nitrogen and oxygen atoms in total. The Morgan fingerprint density at radius 2 is 1.70 bits per heavy atom. The lowest BCUT2D eigenvalue weighted by Gasteiger charge is -2.24. The highest BCUT2D eigenvalue weighted by molar-refractivity contribution is 5.80. The summed E-state index contributed by atoms with van der Waals surface area (Å²) in [5.41, 5.74) is 1.05. The Balaban J connectivity index is 2.63. The molecule has 1 N–H and O–H groups in total. The fourth-order valence-electron chi connectivity index (χ4n) is 1.79. The first-order chi connectivity index (χ1) is 9.49. The molecule has 5 heteroatoms. The molecule has 0 saturated carbocycles. The van der Waals surface area contributed by atoms with Gasteiger partial charge in [-0.15, -0.1) is 0 Å². The summed E-state index contributed by atoms with van der Waals surface area (Å²) in [6.07, 6.45) is -0.0678. The van der Waals surface area contributed by atoms with Gasteiger partial charge in [0.15, 0.2) is 0 Å². The van der Waals surface area contributed by atoms with Crippen LogP contribution in [0.15, 0.2) is 30.3 Å². The van der Waals surface area contributed by atoms with Crippen molar-refractivity contribution < 1.29 is 14.7 Å². The molecule has 0 fully saturated rings. The predicted molar refractivity (Wildman–Crippen MR) is 77.3 cm³/mol. The van der Waals surface area contributed by atoms with E-state index in [1.807, 2.05) is 49.3 Å². The minimum absolute atomic E-state index is 0.0512.